The van der Waals surface area contributed by atoms with Crippen molar-refractivity contribution in [2.24, 2.45) is 11.3 Å². The van der Waals surface area contributed by atoms with Gasteiger partial charge in [0.25, 0.3) is 5.92 Å². The first-order valence-electron chi connectivity index (χ1n) is 3.97. The predicted molar refractivity (Wildman–Crippen MR) is 35.0 cm³/mol. The summed E-state index contributed by atoms with van der Waals surface area (Å²) in [5.41, 5.74) is -0.492. The molecule has 0 radical (unpaired) electrons. The topological polar surface area (TPSA) is 0 Å². The summed E-state index contributed by atoms with van der Waals surface area (Å²) in [6.45, 7) is 2.08. The van der Waals surface area contributed by atoms with E-state index in [0.29, 0.717) is 5.92 Å². The third kappa shape index (κ3) is 0.599. The highest BCUT2D eigenvalue weighted by Gasteiger charge is 2.74. The lowest BCUT2D eigenvalue weighted by Crippen LogP contribution is -2.29. The van der Waals surface area contributed by atoms with Crippen LogP contribution in [0.25, 0.3) is 0 Å². The van der Waals surface area contributed by atoms with E-state index in [1.54, 1.807) is 0 Å². The molecule has 0 aromatic carbocycles. The summed E-state index contributed by atoms with van der Waals surface area (Å²) in [6.07, 6.45) is 2.83. The molecule has 0 unspecified atom stereocenters. The highest BCUT2D eigenvalue weighted by atomic mass is 19.3. The van der Waals surface area contributed by atoms with Crippen molar-refractivity contribution in [1.82, 2.24) is 0 Å². The van der Waals surface area contributed by atoms with Gasteiger partial charge in [-0.15, -0.1) is 0 Å². The first-order valence-corrected chi connectivity index (χ1v) is 3.97. The molecule has 2 rings (SSSR count). The van der Waals surface area contributed by atoms with E-state index in [1.165, 1.54) is 0 Å². The third-order valence-electron chi connectivity index (χ3n) is 3.15. The van der Waals surface area contributed by atoms with E-state index < -0.39 is 11.3 Å². The lowest BCUT2D eigenvalue weighted by Gasteiger charge is -2.35. The van der Waals surface area contributed by atoms with E-state index in [0.717, 1.165) is 19.3 Å². The monoisotopic (exact) mass is 146 g/mol. The Hall–Kier alpha value is -0.140. The minimum atomic E-state index is -2.28. The molecule has 0 saturated heterocycles. The summed E-state index contributed by atoms with van der Waals surface area (Å²) in [7, 11) is 0. The van der Waals surface area contributed by atoms with Crippen molar-refractivity contribution >= 4 is 0 Å². The third-order valence-corrected chi connectivity index (χ3v) is 3.15. The van der Waals surface area contributed by atoms with Gasteiger partial charge in [-0.05, 0) is 18.8 Å². The molecule has 10 heavy (non-hydrogen) atoms. The lowest BCUT2D eigenvalue weighted by atomic mass is 9.70. The molecule has 2 aliphatic carbocycles. The Morgan fingerprint density at radius 2 is 1.90 bits per heavy atom. The maximum atomic E-state index is 12.5. The molecule has 0 aliphatic heterocycles. The Labute approximate surface area is 59.6 Å². The van der Waals surface area contributed by atoms with Gasteiger partial charge in [0.2, 0.25) is 0 Å². The number of alkyl halides is 2. The maximum absolute atomic E-state index is 12.5. The van der Waals surface area contributed by atoms with Crippen LogP contribution < -0.4 is 0 Å². The van der Waals surface area contributed by atoms with Crippen LogP contribution in [0.2, 0.25) is 0 Å². The zero-order valence-electron chi connectivity index (χ0n) is 6.16. The molecule has 2 aliphatic rings. The van der Waals surface area contributed by atoms with Gasteiger partial charge in [-0.3, -0.25) is 0 Å². The zero-order valence-corrected chi connectivity index (χ0v) is 6.16. The average Bonchev–Trinajstić information content (AvgIpc) is 2.30. The van der Waals surface area contributed by atoms with Crippen LogP contribution in [-0.4, -0.2) is 5.92 Å². The van der Waals surface area contributed by atoms with Crippen molar-refractivity contribution in [1.29, 1.82) is 0 Å². The van der Waals surface area contributed by atoms with Gasteiger partial charge in [0, 0.05) is 11.8 Å². The van der Waals surface area contributed by atoms with E-state index in [2.05, 4.69) is 6.92 Å². The van der Waals surface area contributed by atoms with Crippen molar-refractivity contribution in [3.63, 3.8) is 0 Å². The Morgan fingerprint density at radius 1 is 1.40 bits per heavy atom. The summed E-state index contributed by atoms with van der Waals surface area (Å²) in [5.74, 6) is -1.67. The molecule has 0 aromatic heterocycles. The maximum Gasteiger partial charge on any atom is 0.254 e. The summed E-state index contributed by atoms with van der Waals surface area (Å²) in [5, 5.41) is 0. The van der Waals surface area contributed by atoms with Gasteiger partial charge in [-0.25, -0.2) is 8.78 Å². The molecule has 0 nitrogen and oxygen atoms in total. The molecule has 0 bridgehead atoms. The van der Waals surface area contributed by atoms with E-state index in [4.69, 9.17) is 0 Å². The Kier molecular flexibility index (Phi) is 1.01. The van der Waals surface area contributed by atoms with Crippen molar-refractivity contribution in [2.45, 2.75) is 38.5 Å². The molecular weight excluding hydrogens is 134 g/mol. The second-order valence-corrected chi connectivity index (χ2v) is 3.84. The number of halogens is 2. The van der Waals surface area contributed by atoms with Crippen molar-refractivity contribution in [3.05, 3.63) is 0 Å². The summed E-state index contributed by atoms with van der Waals surface area (Å²) < 4.78 is 25.1. The van der Waals surface area contributed by atoms with Crippen LogP contribution in [0.3, 0.4) is 0 Å². The smallest absolute Gasteiger partial charge is 0.206 e. The van der Waals surface area contributed by atoms with Crippen LogP contribution in [0.5, 0.6) is 0 Å². The van der Waals surface area contributed by atoms with Gasteiger partial charge in [0.1, 0.15) is 0 Å². The van der Waals surface area contributed by atoms with Gasteiger partial charge < -0.3 is 0 Å². The van der Waals surface area contributed by atoms with E-state index >= 15 is 0 Å². The van der Waals surface area contributed by atoms with E-state index in [1.807, 2.05) is 0 Å². The van der Waals surface area contributed by atoms with Crippen LogP contribution in [-0.2, 0) is 0 Å². The molecule has 2 heteroatoms. The van der Waals surface area contributed by atoms with Gasteiger partial charge in [0.15, 0.2) is 0 Å². The van der Waals surface area contributed by atoms with E-state index in [-0.39, 0.29) is 6.42 Å². The summed E-state index contributed by atoms with van der Waals surface area (Å²) >= 11 is 0. The second-order valence-electron chi connectivity index (χ2n) is 3.84. The van der Waals surface area contributed by atoms with Crippen LogP contribution >= 0.6 is 0 Å². The molecule has 0 heterocycles. The molecule has 58 valence electrons. The Bertz CT molecular complexity index is 157. The molecule has 0 N–H and O–H groups in total. The molecule has 2 fully saturated rings. The van der Waals surface area contributed by atoms with Gasteiger partial charge in [-0.2, -0.15) is 0 Å². The molecule has 0 amide bonds. The first-order chi connectivity index (χ1) is 4.60. The van der Waals surface area contributed by atoms with Gasteiger partial charge in [0.05, 0.1) is 0 Å². The average molecular weight is 146 g/mol. The zero-order chi connectivity index (χ0) is 7.41. The molecule has 0 atom stereocenters. The van der Waals surface area contributed by atoms with Crippen LogP contribution in [0.1, 0.15) is 32.6 Å². The molecule has 2 saturated carbocycles. The fraction of sp³-hybridized carbons (Fsp3) is 1.00. The fourth-order valence-electron chi connectivity index (χ4n) is 2.16. The lowest BCUT2D eigenvalue weighted by molar-refractivity contribution is 0.000978. The first kappa shape index (κ1) is 6.56. The van der Waals surface area contributed by atoms with Gasteiger partial charge >= 0.3 is 0 Å². The Morgan fingerprint density at radius 3 is 2.20 bits per heavy atom. The largest absolute Gasteiger partial charge is 0.254 e. The van der Waals surface area contributed by atoms with Crippen LogP contribution in [0.4, 0.5) is 8.78 Å². The summed E-state index contributed by atoms with van der Waals surface area (Å²) in [6, 6.07) is 0. The second kappa shape index (κ2) is 1.54. The predicted octanol–water partition coefficient (Wildman–Crippen LogP) is 2.83. The SMILES string of the molecule is CC[C@H]1C[C@]2(CC2(F)F)C1. The highest BCUT2D eigenvalue weighted by Crippen LogP contribution is 2.73. The molecule has 0 aromatic rings. The Balaban J connectivity index is 1.92. The standard InChI is InChI=1S/C8H12F2/c1-2-6-3-7(4-6)5-8(7,9)10/h6H,2-5H2,1H3/t6-,7+. The number of rotatable bonds is 1. The van der Waals surface area contributed by atoms with Crippen molar-refractivity contribution in [2.75, 3.05) is 0 Å². The summed E-state index contributed by atoms with van der Waals surface area (Å²) in [4.78, 5) is 0. The number of hydrogen-bond donors (Lipinski definition) is 0. The van der Waals surface area contributed by atoms with Crippen molar-refractivity contribution in [3.8, 4) is 0 Å². The normalized spacial score (nSPS) is 48.9. The van der Waals surface area contributed by atoms with Gasteiger partial charge in [-0.1, -0.05) is 13.3 Å². The fourth-order valence-corrected chi connectivity index (χ4v) is 2.16. The molecular formula is C8H12F2. The van der Waals surface area contributed by atoms with Crippen LogP contribution in [0.15, 0.2) is 0 Å². The molecule has 1 spiro atoms. The van der Waals surface area contributed by atoms with Crippen molar-refractivity contribution < 1.29 is 8.78 Å². The minimum absolute atomic E-state index is 0.177. The quantitative estimate of drug-likeness (QED) is 0.533. The number of hydrogen-bond acceptors (Lipinski definition) is 0. The highest BCUT2D eigenvalue weighted by molar-refractivity contribution is 5.16. The van der Waals surface area contributed by atoms with E-state index in [9.17, 15) is 8.78 Å². The van der Waals surface area contributed by atoms with Crippen LogP contribution in [0, 0.1) is 11.3 Å². The minimum Gasteiger partial charge on any atom is -0.206 e.